The molecule has 7 heteroatoms. The first-order valence-corrected chi connectivity index (χ1v) is 8.51. The van der Waals surface area contributed by atoms with Crippen molar-refractivity contribution in [2.24, 2.45) is 0 Å². The molecular weight excluding hydrogens is 336 g/mol. The van der Waals surface area contributed by atoms with Crippen LogP contribution in [0, 0.1) is 0 Å². The van der Waals surface area contributed by atoms with Crippen molar-refractivity contribution in [2.75, 3.05) is 5.32 Å². The molecule has 25 heavy (non-hydrogen) atoms. The number of anilines is 1. The Morgan fingerprint density at radius 3 is 2.84 bits per heavy atom. The van der Waals surface area contributed by atoms with Crippen LogP contribution >= 0.6 is 11.3 Å². The van der Waals surface area contributed by atoms with E-state index in [2.05, 4.69) is 15.3 Å². The lowest BCUT2D eigenvalue weighted by molar-refractivity contribution is 0.102. The van der Waals surface area contributed by atoms with Crippen LogP contribution in [-0.4, -0.2) is 20.4 Å². The molecule has 0 bridgehead atoms. The fraction of sp³-hybridized carbons (Fsp3) is 0.0556. The number of carbonyl (C=O) groups excluding carboxylic acids is 1. The van der Waals surface area contributed by atoms with Gasteiger partial charge in [0.1, 0.15) is 5.69 Å². The van der Waals surface area contributed by atoms with Crippen LogP contribution in [0.5, 0.6) is 0 Å². The monoisotopic (exact) mass is 350 g/mol. The number of imidazole rings is 1. The Hall–Kier alpha value is -3.19. The van der Waals surface area contributed by atoms with Gasteiger partial charge >= 0.3 is 0 Å². The van der Waals surface area contributed by atoms with Gasteiger partial charge in [-0.3, -0.25) is 10.1 Å². The zero-order chi connectivity index (χ0) is 17.1. The Kier molecular flexibility index (Phi) is 4.14. The molecule has 0 spiro atoms. The van der Waals surface area contributed by atoms with E-state index in [0.29, 0.717) is 22.1 Å². The second-order valence-electron chi connectivity index (χ2n) is 5.40. The Labute approximate surface area is 147 Å². The van der Waals surface area contributed by atoms with Crippen molar-refractivity contribution in [1.82, 2.24) is 14.5 Å². The third-order valence-electron chi connectivity index (χ3n) is 3.64. The summed E-state index contributed by atoms with van der Waals surface area (Å²) in [5.41, 5.74) is 2.40. The van der Waals surface area contributed by atoms with Gasteiger partial charge in [0, 0.05) is 29.9 Å². The van der Waals surface area contributed by atoms with Gasteiger partial charge < -0.3 is 8.98 Å². The molecule has 1 N–H and O–H groups in total. The van der Waals surface area contributed by atoms with Gasteiger partial charge in [-0.1, -0.05) is 12.1 Å². The van der Waals surface area contributed by atoms with E-state index in [0.717, 1.165) is 12.1 Å². The summed E-state index contributed by atoms with van der Waals surface area (Å²) in [6.45, 7) is 0.723. The maximum Gasteiger partial charge on any atom is 0.257 e. The highest BCUT2D eigenvalue weighted by Crippen LogP contribution is 2.25. The summed E-state index contributed by atoms with van der Waals surface area (Å²) in [5.74, 6) is 0.495. The van der Waals surface area contributed by atoms with Crippen LogP contribution in [0.1, 0.15) is 15.9 Å². The van der Waals surface area contributed by atoms with Crippen molar-refractivity contribution in [3.05, 3.63) is 77.9 Å². The molecule has 0 aliphatic heterocycles. The van der Waals surface area contributed by atoms with Gasteiger partial charge in [0.05, 0.1) is 12.6 Å². The van der Waals surface area contributed by atoms with Crippen molar-refractivity contribution in [2.45, 2.75) is 6.54 Å². The predicted molar refractivity (Wildman–Crippen MR) is 95.5 cm³/mol. The average Bonchev–Trinajstić information content (AvgIpc) is 3.38. The SMILES string of the molecule is O=C(Nc1nc(-c2ccco2)cs1)c1ccc(Cn2ccnc2)cc1. The summed E-state index contributed by atoms with van der Waals surface area (Å²) in [6.07, 6.45) is 7.00. The summed E-state index contributed by atoms with van der Waals surface area (Å²) < 4.78 is 7.28. The number of furan rings is 1. The summed E-state index contributed by atoms with van der Waals surface area (Å²) in [5, 5.41) is 5.21. The zero-order valence-corrected chi connectivity index (χ0v) is 13.9. The molecule has 3 aromatic heterocycles. The second-order valence-corrected chi connectivity index (χ2v) is 6.26. The number of nitrogens with zero attached hydrogens (tertiary/aromatic N) is 3. The second kappa shape index (κ2) is 6.74. The lowest BCUT2D eigenvalue weighted by Crippen LogP contribution is -2.11. The Balaban J connectivity index is 1.42. The molecule has 0 fully saturated rings. The number of benzene rings is 1. The zero-order valence-electron chi connectivity index (χ0n) is 13.1. The van der Waals surface area contributed by atoms with E-state index in [1.807, 2.05) is 46.5 Å². The lowest BCUT2D eigenvalue weighted by atomic mass is 10.1. The van der Waals surface area contributed by atoms with E-state index in [9.17, 15) is 4.79 Å². The number of amides is 1. The summed E-state index contributed by atoms with van der Waals surface area (Å²) in [4.78, 5) is 20.7. The molecule has 4 rings (SSSR count). The topological polar surface area (TPSA) is 73.0 Å². The molecule has 0 aliphatic rings. The lowest BCUT2D eigenvalue weighted by Gasteiger charge is -2.05. The number of thiazole rings is 1. The standard InChI is InChI=1S/C18H14N4O2S/c23-17(21-18-20-15(11-25-18)16-2-1-9-24-16)14-5-3-13(4-6-14)10-22-8-7-19-12-22/h1-9,11-12H,10H2,(H,20,21,23). The van der Waals surface area contributed by atoms with Crippen molar-refractivity contribution in [1.29, 1.82) is 0 Å². The molecule has 0 radical (unpaired) electrons. The minimum atomic E-state index is -0.186. The van der Waals surface area contributed by atoms with Crippen LogP contribution in [0.15, 0.2) is 71.2 Å². The summed E-state index contributed by atoms with van der Waals surface area (Å²) >= 11 is 1.36. The van der Waals surface area contributed by atoms with E-state index >= 15 is 0 Å². The largest absolute Gasteiger partial charge is 0.463 e. The van der Waals surface area contributed by atoms with Gasteiger partial charge in [-0.05, 0) is 29.8 Å². The Morgan fingerprint density at radius 2 is 2.12 bits per heavy atom. The van der Waals surface area contributed by atoms with Gasteiger partial charge in [0.25, 0.3) is 5.91 Å². The smallest absolute Gasteiger partial charge is 0.257 e. The maximum absolute atomic E-state index is 12.4. The molecular formula is C18H14N4O2S. The van der Waals surface area contributed by atoms with Gasteiger partial charge in [-0.15, -0.1) is 11.3 Å². The number of nitrogens with one attached hydrogen (secondary N) is 1. The average molecular weight is 350 g/mol. The normalized spacial score (nSPS) is 10.7. The third kappa shape index (κ3) is 3.51. The Bertz CT molecular complexity index is 957. The van der Waals surface area contributed by atoms with Crippen LogP contribution < -0.4 is 5.32 Å². The maximum atomic E-state index is 12.4. The van der Waals surface area contributed by atoms with E-state index in [-0.39, 0.29) is 5.91 Å². The van der Waals surface area contributed by atoms with E-state index < -0.39 is 0 Å². The molecule has 1 amide bonds. The van der Waals surface area contributed by atoms with Crippen LogP contribution in [0.4, 0.5) is 5.13 Å². The van der Waals surface area contributed by atoms with Crippen LogP contribution in [0.2, 0.25) is 0 Å². The fourth-order valence-corrected chi connectivity index (χ4v) is 3.09. The number of carbonyl (C=O) groups is 1. The van der Waals surface area contributed by atoms with Crippen LogP contribution in [-0.2, 0) is 6.54 Å². The molecule has 0 saturated carbocycles. The first-order valence-electron chi connectivity index (χ1n) is 7.63. The summed E-state index contributed by atoms with van der Waals surface area (Å²) in [6, 6.07) is 11.1. The van der Waals surface area contributed by atoms with Crippen molar-refractivity contribution >= 4 is 22.4 Å². The van der Waals surface area contributed by atoms with Crippen molar-refractivity contribution < 1.29 is 9.21 Å². The fourth-order valence-electron chi connectivity index (χ4n) is 2.39. The highest BCUT2D eigenvalue weighted by Gasteiger charge is 2.11. The molecule has 0 atom stereocenters. The number of aromatic nitrogens is 3. The van der Waals surface area contributed by atoms with Gasteiger partial charge in [0.2, 0.25) is 0 Å². The van der Waals surface area contributed by atoms with E-state index in [1.165, 1.54) is 11.3 Å². The molecule has 0 aliphatic carbocycles. The quantitative estimate of drug-likeness (QED) is 0.592. The molecule has 124 valence electrons. The minimum absolute atomic E-state index is 0.186. The molecule has 6 nitrogen and oxygen atoms in total. The van der Waals surface area contributed by atoms with Crippen LogP contribution in [0.3, 0.4) is 0 Å². The molecule has 0 unspecified atom stereocenters. The first-order chi connectivity index (χ1) is 12.3. The van der Waals surface area contributed by atoms with Crippen LogP contribution in [0.25, 0.3) is 11.5 Å². The number of hydrogen-bond donors (Lipinski definition) is 1. The number of hydrogen-bond acceptors (Lipinski definition) is 5. The van der Waals surface area contributed by atoms with Crippen molar-refractivity contribution in [3.8, 4) is 11.5 Å². The molecule has 3 heterocycles. The first kappa shape index (κ1) is 15.3. The number of rotatable bonds is 5. The van der Waals surface area contributed by atoms with E-state index in [4.69, 9.17) is 4.42 Å². The van der Waals surface area contributed by atoms with Crippen molar-refractivity contribution in [3.63, 3.8) is 0 Å². The molecule has 1 aromatic carbocycles. The van der Waals surface area contributed by atoms with Gasteiger partial charge in [-0.2, -0.15) is 0 Å². The summed E-state index contributed by atoms with van der Waals surface area (Å²) in [7, 11) is 0. The molecule has 0 saturated heterocycles. The van der Waals surface area contributed by atoms with E-state index in [1.54, 1.807) is 24.9 Å². The van der Waals surface area contributed by atoms with Gasteiger partial charge in [-0.25, -0.2) is 9.97 Å². The highest BCUT2D eigenvalue weighted by atomic mass is 32.1. The Morgan fingerprint density at radius 1 is 1.24 bits per heavy atom. The van der Waals surface area contributed by atoms with Gasteiger partial charge in [0.15, 0.2) is 10.9 Å². The minimum Gasteiger partial charge on any atom is -0.463 e. The highest BCUT2D eigenvalue weighted by molar-refractivity contribution is 7.14. The predicted octanol–water partition coefficient (Wildman–Crippen LogP) is 3.90. The molecule has 4 aromatic rings. The third-order valence-corrected chi connectivity index (χ3v) is 4.40.